The molecule has 0 heterocycles. The Morgan fingerprint density at radius 1 is 1.00 bits per heavy atom. The summed E-state index contributed by atoms with van der Waals surface area (Å²) in [5, 5.41) is 8.80. The van der Waals surface area contributed by atoms with Gasteiger partial charge in [-0.25, -0.2) is 0 Å². The van der Waals surface area contributed by atoms with Crippen LogP contribution in [0.4, 0.5) is 8.78 Å². The molecule has 0 aromatic rings. The Labute approximate surface area is 104 Å². The SMILES string of the molecule is CCCCCCCCCCC(CO)C(N)(F)F. The van der Waals surface area contributed by atoms with E-state index in [4.69, 9.17) is 10.8 Å². The number of hydrogen-bond acceptors (Lipinski definition) is 2. The van der Waals surface area contributed by atoms with Gasteiger partial charge < -0.3 is 5.11 Å². The normalized spacial score (nSPS) is 13.9. The Morgan fingerprint density at radius 3 is 1.88 bits per heavy atom. The van der Waals surface area contributed by atoms with Crippen LogP contribution in [0.2, 0.25) is 0 Å². The highest BCUT2D eigenvalue weighted by atomic mass is 19.3. The second-order valence-electron chi connectivity index (χ2n) is 4.82. The minimum atomic E-state index is -3.24. The van der Waals surface area contributed by atoms with Gasteiger partial charge in [-0.15, -0.1) is 0 Å². The van der Waals surface area contributed by atoms with Crippen molar-refractivity contribution in [1.82, 2.24) is 0 Å². The smallest absolute Gasteiger partial charge is 0.305 e. The van der Waals surface area contributed by atoms with Crippen molar-refractivity contribution >= 4 is 0 Å². The minimum Gasteiger partial charge on any atom is -0.396 e. The molecule has 0 fully saturated rings. The average molecular weight is 251 g/mol. The van der Waals surface area contributed by atoms with Crippen molar-refractivity contribution < 1.29 is 13.9 Å². The highest BCUT2D eigenvalue weighted by Gasteiger charge is 2.33. The molecule has 0 aliphatic rings. The first kappa shape index (κ1) is 16.8. The third-order valence-electron chi connectivity index (χ3n) is 3.17. The summed E-state index contributed by atoms with van der Waals surface area (Å²) in [6.45, 7) is 1.65. The van der Waals surface area contributed by atoms with Crippen LogP contribution in [0.25, 0.3) is 0 Å². The van der Waals surface area contributed by atoms with Crippen LogP contribution < -0.4 is 5.73 Å². The predicted molar refractivity (Wildman–Crippen MR) is 66.9 cm³/mol. The van der Waals surface area contributed by atoms with Crippen LogP contribution in [0.5, 0.6) is 0 Å². The summed E-state index contributed by atoms with van der Waals surface area (Å²) >= 11 is 0. The molecule has 1 unspecified atom stereocenters. The lowest BCUT2D eigenvalue weighted by atomic mass is 9.99. The van der Waals surface area contributed by atoms with Crippen molar-refractivity contribution in [3.8, 4) is 0 Å². The standard InChI is InChI=1S/C13H27F2NO/c1-2-3-4-5-6-7-8-9-10-12(11-17)13(14,15)16/h12,17H,2-11,16H2,1H3. The number of rotatable bonds is 11. The molecule has 0 rings (SSSR count). The molecule has 104 valence electrons. The summed E-state index contributed by atoms with van der Waals surface area (Å²) in [5.74, 6) is -1.08. The molecule has 0 saturated carbocycles. The summed E-state index contributed by atoms with van der Waals surface area (Å²) in [7, 11) is 0. The number of nitrogens with two attached hydrogens (primary N) is 1. The van der Waals surface area contributed by atoms with Crippen molar-refractivity contribution in [3.63, 3.8) is 0 Å². The van der Waals surface area contributed by atoms with E-state index < -0.39 is 18.6 Å². The average Bonchev–Trinajstić information content (AvgIpc) is 2.25. The fourth-order valence-electron chi connectivity index (χ4n) is 1.93. The van der Waals surface area contributed by atoms with Crippen LogP contribution >= 0.6 is 0 Å². The molecule has 0 aromatic heterocycles. The van der Waals surface area contributed by atoms with Crippen LogP contribution in [0.1, 0.15) is 64.7 Å². The molecule has 0 saturated heterocycles. The molecule has 3 N–H and O–H groups in total. The quantitative estimate of drug-likeness (QED) is 0.434. The number of alkyl halides is 2. The molecule has 0 aliphatic heterocycles. The van der Waals surface area contributed by atoms with E-state index in [0.29, 0.717) is 6.42 Å². The van der Waals surface area contributed by atoms with Gasteiger partial charge in [-0.1, -0.05) is 58.3 Å². The number of aliphatic hydroxyl groups excluding tert-OH is 1. The Bertz CT molecular complexity index is 171. The highest BCUT2D eigenvalue weighted by molar-refractivity contribution is 4.70. The summed E-state index contributed by atoms with van der Waals surface area (Å²) in [6.07, 6.45) is 9.32. The van der Waals surface area contributed by atoms with Gasteiger partial charge in [0, 0.05) is 0 Å². The van der Waals surface area contributed by atoms with Crippen LogP contribution in [-0.2, 0) is 0 Å². The Hall–Kier alpha value is -0.220. The monoisotopic (exact) mass is 251 g/mol. The van der Waals surface area contributed by atoms with E-state index in [1.165, 1.54) is 32.1 Å². The maximum absolute atomic E-state index is 12.7. The first-order valence-corrected chi connectivity index (χ1v) is 6.80. The van der Waals surface area contributed by atoms with Crippen molar-refractivity contribution in [3.05, 3.63) is 0 Å². The molecule has 4 heteroatoms. The van der Waals surface area contributed by atoms with Crippen LogP contribution in [0.15, 0.2) is 0 Å². The second-order valence-corrected chi connectivity index (χ2v) is 4.82. The summed E-state index contributed by atoms with van der Waals surface area (Å²) in [6, 6.07) is -3.24. The van der Waals surface area contributed by atoms with Crippen molar-refractivity contribution in [2.45, 2.75) is 70.8 Å². The first-order chi connectivity index (χ1) is 8.02. The van der Waals surface area contributed by atoms with Gasteiger partial charge in [0.15, 0.2) is 0 Å². The Kier molecular flexibility index (Phi) is 9.65. The largest absolute Gasteiger partial charge is 0.396 e. The number of hydrogen-bond donors (Lipinski definition) is 2. The third-order valence-corrected chi connectivity index (χ3v) is 3.17. The zero-order valence-corrected chi connectivity index (χ0v) is 10.9. The summed E-state index contributed by atoms with van der Waals surface area (Å²) in [4.78, 5) is 0. The van der Waals surface area contributed by atoms with Gasteiger partial charge in [0.1, 0.15) is 0 Å². The van der Waals surface area contributed by atoms with E-state index in [9.17, 15) is 8.78 Å². The molecule has 1 atom stereocenters. The number of unbranched alkanes of at least 4 members (excludes halogenated alkanes) is 7. The van der Waals surface area contributed by atoms with Crippen molar-refractivity contribution in [2.75, 3.05) is 6.61 Å². The van der Waals surface area contributed by atoms with Gasteiger partial charge in [0.05, 0.1) is 12.5 Å². The van der Waals surface area contributed by atoms with E-state index in [2.05, 4.69) is 6.92 Å². The Morgan fingerprint density at radius 2 is 1.47 bits per heavy atom. The van der Waals surface area contributed by atoms with E-state index in [1.807, 2.05) is 0 Å². The van der Waals surface area contributed by atoms with Gasteiger partial charge in [-0.3, -0.25) is 5.73 Å². The Balaban J connectivity index is 3.38. The summed E-state index contributed by atoms with van der Waals surface area (Å²) < 4.78 is 25.4. The zero-order valence-electron chi connectivity index (χ0n) is 10.9. The molecule has 0 amide bonds. The van der Waals surface area contributed by atoms with Crippen LogP contribution in [0, 0.1) is 5.92 Å². The lowest BCUT2D eigenvalue weighted by molar-refractivity contribution is -0.0740. The van der Waals surface area contributed by atoms with Gasteiger partial charge in [-0.2, -0.15) is 8.78 Å². The molecule has 2 nitrogen and oxygen atoms in total. The van der Waals surface area contributed by atoms with Crippen LogP contribution in [-0.4, -0.2) is 17.8 Å². The lowest BCUT2D eigenvalue weighted by Crippen LogP contribution is -2.39. The first-order valence-electron chi connectivity index (χ1n) is 6.80. The van der Waals surface area contributed by atoms with Crippen molar-refractivity contribution in [2.24, 2.45) is 11.7 Å². The van der Waals surface area contributed by atoms with Crippen molar-refractivity contribution in [1.29, 1.82) is 0 Å². The van der Waals surface area contributed by atoms with Crippen LogP contribution in [0.3, 0.4) is 0 Å². The topological polar surface area (TPSA) is 46.2 Å². The number of aliphatic hydroxyl groups is 1. The predicted octanol–water partition coefficient (Wildman–Crippen LogP) is 3.68. The van der Waals surface area contributed by atoms with E-state index in [1.54, 1.807) is 0 Å². The van der Waals surface area contributed by atoms with E-state index in [-0.39, 0.29) is 0 Å². The third kappa shape index (κ3) is 9.48. The molecular formula is C13H27F2NO. The fourth-order valence-corrected chi connectivity index (χ4v) is 1.93. The molecular weight excluding hydrogens is 224 g/mol. The number of halogens is 2. The van der Waals surface area contributed by atoms with E-state index in [0.717, 1.165) is 19.3 Å². The summed E-state index contributed by atoms with van der Waals surface area (Å²) in [5.41, 5.74) is 4.69. The molecule has 0 bridgehead atoms. The maximum Gasteiger partial charge on any atom is 0.305 e. The molecule has 0 spiro atoms. The lowest BCUT2D eigenvalue weighted by Gasteiger charge is -2.20. The van der Waals surface area contributed by atoms with E-state index >= 15 is 0 Å². The van der Waals surface area contributed by atoms with Gasteiger partial charge in [0.25, 0.3) is 0 Å². The maximum atomic E-state index is 12.7. The minimum absolute atomic E-state index is 0.314. The second kappa shape index (κ2) is 9.77. The van der Waals surface area contributed by atoms with Gasteiger partial charge in [-0.05, 0) is 6.42 Å². The molecule has 17 heavy (non-hydrogen) atoms. The van der Waals surface area contributed by atoms with Gasteiger partial charge >= 0.3 is 6.05 Å². The molecule has 0 aliphatic carbocycles. The fraction of sp³-hybridized carbons (Fsp3) is 1.00. The highest BCUT2D eigenvalue weighted by Crippen LogP contribution is 2.23. The zero-order chi connectivity index (χ0) is 13.1. The molecule has 0 radical (unpaired) electrons. The molecule has 0 aromatic carbocycles. The van der Waals surface area contributed by atoms with Gasteiger partial charge in [0.2, 0.25) is 0 Å².